The zero-order valence-corrected chi connectivity index (χ0v) is 10.7. The predicted molar refractivity (Wildman–Crippen MR) is 67.0 cm³/mol. The summed E-state index contributed by atoms with van der Waals surface area (Å²) in [4.78, 5) is 2.51. The van der Waals surface area contributed by atoms with E-state index in [0.717, 1.165) is 32.7 Å². The van der Waals surface area contributed by atoms with Crippen LogP contribution in [0.25, 0.3) is 0 Å². The fraction of sp³-hybridized carbons (Fsp3) is 0.500. The summed E-state index contributed by atoms with van der Waals surface area (Å²) >= 11 is 3.58. The molecule has 1 aliphatic heterocycles. The van der Waals surface area contributed by atoms with Crippen molar-refractivity contribution in [2.45, 2.75) is 13.5 Å². The standard InChI is InChI=1S/C12H17BrN2/c1-10-11(3-2-4-12(10)13)9-15-7-5-14-6-8-15/h2-4,14H,5-9H2,1H3. The van der Waals surface area contributed by atoms with Gasteiger partial charge in [-0.15, -0.1) is 0 Å². The van der Waals surface area contributed by atoms with Crippen molar-refractivity contribution >= 4 is 15.9 Å². The summed E-state index contributed by atoms with van der Waals surface area (Å²) in [7, 11) is 0. The van der Waals surface area contributed by atoms with Crippen LogP contribution in [0.15, 0.2) is 22.7 Å². The average Bonchev–Trinajstić information content (AvgIpc) is 2.26. The molecule has 0 bridgehead atoms. The normalized spacial score (nSPS) is 18.0. The van der Waals surface area contributed by atoms with E-state index in [1.165, 1.54) is 15.6 Å². The van der Waals surface area contributed by atoms with Crippen LogP contribution in [0.1, 0.15) is 11.1 Å². The maximum atomic E-state index is 3.58. The number of hydrogen-bond donors (Lipinski definition) is 1. The van der Waals surface area contributed by atoms with E-state index in [2.05, 4.69) is 51.3 Å². The van der Waals surface area contributed by atoms with Crippen LogP contribution in [0.5, 0.6) is 0 Å². The molecule has 82 valence electrons. The van der Waals surface area contributed by atoms with E-state index in [9.17, 15) is 0 Å². The first-order chi connectivity index (χ1) is 7.27. The predicted octanol–water partition coefficient (Wildman–Crippen LogP) is 2.16. The van der Waals surface area contributed by atoms with E-state index in [0.29, 0.717) is 0 Å². The first kappa shape index (κ1) is 11.1. The van der Waals surface area contributed by atoms with Crippen molar-refractivity contribution in [3.8, 4) is 0 Å². The van der Waals surface area contributed by atoms with Gasteiger partial charge in [0.2, 0.25) is 0 Å². The Morgan fingerprint density at radius 2 is 2.07 bits per heavy atom. The molecule has 0 spiro atoms. The molecule has 0 atom stereocenters. The zero-order chi connectivity index (χ0) is 10.7. The Bertz CT molecular complexity index is 332. The zero-order valence-electron chi connectivity index (χ0n) is 9.09. The maximum absolute atomic E-state index is 3.58. The molecule has 0 radical (unpaired) electrons. The molecule has 1 fully saturated rings. The molecule has 0 aliphatic carbocycles. The molecule has 0 unspecified atom stereocenters. The highest BCUT2D eigenvalue weighted by Gasteiger charge is 2.11. The lowest BCUT2D eigenvalue weighted by Gasteiger charge is -2.27. The van der Waals surface area contributed by atoms with Crippen molar-refractivity contribution in [1.82, 2.24) is 10.2 Å². The van der Waals surface area contributed by atoms with Crippen molar-refractivity contribution < 1.29 is 0 Å². The Balaban J connectivity index is 2.06. The number of piperazine rings is 1. The van der Waals surface area contributed by atoms with Crippen LogP contribution < -0.4 is 5.32 Å². The van der Waals surface area contributed by atoms with Gasteiger partial charge in [-0.25, -0.2) is 0 Å². The summed E-state index contributed by atoms with van der Waals surface area (Å²) < 4.78 is 1.22. The van der Waals surface area contributed by atoms with Gasteiger partial charge in [0.25, 0.3) is 0 Å². The van der Waals surface area contributed by atoms with Gasteiger partial charge in [0.05, 0.1) is 0 Å². The molecule has 1 saturated heterocycles. The van der Waals surface area contributed by atoms with Gasteiger partial charge in [-0.3, -0.25) is 4.90 Å². The minimum Gasteiger partial charge on any atom is -0.314 e. The molecule has 0 aromatic heterocycles. The summed E-state index contributed by atoms with van der Waals surface area (Å²) in [6, 6.07) is 6.45. The van der Waals surface area contributed by atoms with Crippen LogP contribution in [-0.4, -0.2) is 31.1 Å². The Hall–Kier alpha value is -0.380. The molecular weight excluding hydrogens is 252 g/mol. The topological polar surface area (TPSA) is 15.3 Å². The SMILES string of the molecule is Cc1c(Br)cccc1CN1CCNCC1. The molecule has 1 heterocycles. The Kier molecular flexibility index (Phi) is 3.78. The van der Waals surface area contributed by atoms with Crippen molar-refractivity contribution in [3.63, 3.8) is 0 Å². The van der Waals surface area contributed by atoms with Crippen LogP contribution in [-0.2, 0) is 6.54 Å². The number of nitrogens with one attached hydrogen (secondary N) is 1. The van der Waals surface area contributed by atoms with E-state index in [1.54, 1.807) is 0 Å². The molecule has 0 amide bonds. The third kappa shape index (κ3) is 2.80. The summed E-state index contributed by atoms with van der Waals surface area (Å²) in [6.07, 6.45) is 0. The molecule has 1 aliphatic rings. The maximum Gasteiger partial charge on any atom is 0.0237 e. The van der Waals surface area contributed by atoms with E-state index in [4.69, 9.17) is 0 Å². The van der Waals surface area contributed by atoms with Crippen LogP contribution in [0.3, 0.4) is 0 Å². The highest BCUT2D eigenvalue weighted by Crippen LogP contribution is 2.20. The van der Waals surface area contributed by atoms with Gasteiger partial charge in [0.1, 0.15) is 0 Å². The van der Waals surface area contributed by atoms with E-state index in [1.807, 2.05) is 0 Å². The second kappa shape index (κ2) is 5.10. The third-order valence-electron chi connectivity index (χ3n) is 2.98. The second-order valence-corrected chi connectivity index (χ2v) is 4.90. The number of nitrogens with zero attached hydrogens (tertiary/aromatic N) is 1. The van der Waals surface area contributed by atoms with Gasteiger partial charge >= 0.3 is 0 Å². The van der Waals surface area contributed by atoms with Gasteiger partial charge < -0.3 is 5.32 Å². The number of hydrogen-bond acceptors (Lipinski definition) is 2. The van der Waals surface area contributed by atoms with Gasteiger partial charge in [-0.2, -0.15) is 0 Å². The quantitative estimate of drug-likeness (QED) is 0.885. The summed E-state index contributed by atoms with van der Waals surface area (Å²) in [5.74, 6) is 0. The minimum absolute atomic E-state index is 1.08. The van der Waals surface area contributed by atoms with Gasteiger partial charge in [0, 0.05) is 37.2 Å². The van der Waals surface area contributed by atoms with Gasteiger partial charge in [-0.05, 0) is 24.1 Å². The van der Waals surface area contributed by atoms with Crippen molar-refractivity contribution in [2.24, 2.45) is 0 Å². The lowest BCUT2D eigenvalue weighted by atomic mass is 10.1. The van der Waals surface area contributed by atoms with Crippen LogP contribution in [0.2, 0.25) is 0 Å². The Morgan fingerprint density at radius 1 is 1.33 bits per heavy atom. The molecule has 1 aromatic rings. The highest BCUT2D eigenvalue weighted by atomic mass is 79.9. The molecule has 3 heteroatoms. The van der Waals surface area contributed by atoms with Crippen molar-refractivity contribution in [3.05, 3.63) is 33.8 Å². The number of halogens is 1. The molecule has 1 N–H and O–H groups in total. The highest BCUT2D eigenvalue weighted by molar-refractivity contribution is 9.10. The van der Waals surface area contributed by atoms with Crippen molar-refractivity contribution in [1.29, 1.82) is 0 Å². The van der Waals surface area contributed by atoms with Crippen LogP contribution in [0.4, 0.5) is 0 Å². The van der Waals surface area contributed by atoms with Crippen molar-refractivity contribution in [2.75, 3.05) is 26.2 Å². The smallest absolute Gasteiger partial charge is 0.0237 e. The second-order valence-electron chi connectivity index (χ2n) is 4.05. The largest absolute Gasteiger partial charge is 0.314 e. The average molecular weight is 269 g/mol. The lowest BCUT2D eigenvalue weighted by Crippen LogP contribution is -2.42. The lowest BCUT2D eigenvalue weighted by molar-refractivity contribution is 0.233. The summed E-state index contributed by atoms with van der Waals surface area (Å²) in [5, 5.41) is 3.38. The van der Waals surface area contributed by atoms with Gasteiger partial charge in [0.15, 0.2) is 0 Å². The first-order valence-corrected chi connectivity index (χ1v) is 6.24. The molecule has 15 heavy (non-hydrogen) atoms. The van der Waals surface area contributed by atoms with E-state index >= 15 is 0 Å². The van der Waals surface area contributed by atoms with E-state index in [-0.39, 0.29) is 0 Å². The van der Waals surface area contributed by atoms with Gasteiger partial charge in [-0.1, -0.05) is 28.1 Å². The first-order valence-electron chi connectivity index (χ1n) is 5.44. The van der Waals surface area contributed by atoms with Crippen LogP contribution >= 0.6 is 15.9 Å². The molecule has 2 nitrogen and oxygen atoms in total. The monoisotopic (exact) mass is 268 g/mol. The molecular formula is C12H17BrN2. The Morgan fingerprint density at radius 3 is 2.80 bits per heavy atom. The van der Waals surface area contributed by atoms with E-state index < -0.39 is 0 Å². The minimum atomic E-state index is 1.08. The third-order valence-corrected chi connectivity index (χ3v) is 3.84. The molecule has 2 rings (SSSR count). The Labute approximate surface area is 99.8 Å². The summed E-state index contributed by atoms with van der Waals surface area (Å²) in [6.45, 7) is 7.81. The fourth-order valence-corrected chi connectivity index (χ4v) is 2.34. The fourth-order valence-electron chi connectivity index (χ4n) is 1.93. The van der Waals surface area contributed by atoms with Crippen LogP contribution in [0, 0.1) is 6.92 Å². The molecule has 1 aromatic carbocycles. The number of rotatable bonds is 2. The summed E-state index contributed by atoms with van der Waals surface area (Å²) in [5.41, 5.74) is 2.81. The molecule has 0 saturated carbocycles. The number of benzene rings is 1.